The van der Waals surface area contributed by atoms with Crippen LogP contribution in [0.3, 0.4) is 0 Å². The van der Waals surface area contributed by atoms with Crippen LogP contribution in [0.4, 0.5) is 0 Å². The Hall–Kier alpha value is -2.41. The number of hydrogen-bond acceptors (Lipinski definition) is 1. The molecule has 0 aliphatic carbocycles. The van der Waals surface area contributed by atoms with Crippen molar-refractivity contribution in [3.8, 4) is 0 Å². The molecule has 1 nitrogen and oxygen atoms in total. The Morgan fingerprint density at radius 1 is 0.842 bits per heavy atom. The van der Waals surface area contributed by atoms with E-state index in [0.29, 0.717) is 0 Å². The number of aromatic nitrogens is 1. The second-order valence-electron chi connectivity index (χ2n) is 4.63. The molecule has 0 saturated carbocycles. The van der Waals surface area contributed by atoms with Gasteiger partial charge in [0.25, 0.3) is 0 Å². The normalized spacial score (nSPS) is 11.2. The van der Waals surface area contributed by atoms with E-state index < -0.39 is 0 Å². The van der Waals surface area contributed by atoms with Crippen molar-refractivity contribution in [3.63, 3.8) is 0 Å². The van der Waals surface area contributed by atoms with Crippen molar-refractivity contribution in [1.29, 1.82) is 0 Å². The van der Waals surface area contributed by atoms with Crippen LogP contribution in [0.1, 0.15) is 16.8 Å². The topological polar surface area (TPSA) is 12.9 Å². The maximum atomic E-state index is 4.30. The van der Waals surface area contributed by atoms with Crippen LogP contribution in [0.15, 0.2) is 60.8 Å². The number of benzene rings is 2. The fourth-order valence-corrected chi connectivity index (χ4v) is 2.16. The maximum Gasteiger partial charge on any atom is 0.0373 e. The molecule has 92 valence electrons. The van der Waals surface area contributed by atoms with Crippen molar-refractivity contribution in [2.24, 2.45) is 0 Å². The molecule has 19 heavy (non-hydrogen) atoms. The molecule has 0 atom stereocenters. The van der Waals surface area contributed by atoms with Gasteiger partial charge in [0.1, 0.15) is 0 Å². The van der Waals surface area contributed by atoms with E-state index in [-0.39, 0.29) is 0 Å². The highest BCUT2D eigenvalue weighted by Crippen LogP contribution is 2.20. The highest BCUT2D eigenvalue weighted by Gasteiger charge is 1.96. The lowest BCUT2D eigenvalue weighted by atomic mass is 10.0. The predicted molar refractivity (Wildman–Crippen MR) is 81.9 cm³/mol. The van der Waals surface area contributed by atoms with E-state index in [4.69, 9.17) is 0 Å². The van der Waals surface area contributed by atoms with E-state index >= 15 is 0 Å². The van der Waals surface area contributed by atoms with Crippen molar-refractivity contribution in [1.82, 2.24) is 4.98 Å². The Morgan fingerprint density at radius 3 is 2.53 bits per heavy atom. The summed E-state index contributed by atoms with van der Waals surface area (Å²) in [5.74, 6) is 0. The minimum Gasteiger partial charge on any atom is -0.261 e. The predicted octanol–water partition coefficient (Wildman–Crippen LogP) is 4.71. The molecule has 0 fully saturated rings. The first-order valence-corrected chi connectivity index (χ1v) is 6.41. The summed E-state index contributed by atoms with van der Waals surface area (Å²) < 4.78 is 0. The SMILES string of the molecule is Cc1ccc(C=Cc2cccc3ccccc23)cn1. The standard InChI is InChI=1S/C18H15N/c1-14-9-10-15(13-19-14)11-12-17-7-4-6-16-5-2-3-8-18(16)17/h2-13H,1H3. The number of fused-ring (bicyclic) bond motifs is 1. The molecule has 1 heteroatoms. The zero-order valence-electron chi connectivity index (χ0n) is 10.9. The summed E-state index contributed by atoms with van der Waals surface area (Å²) >= 11 is 0. The number of hydrogen-bond donors (Lipinski definition) is 0. The minimum atomic E-state index is 1.04. The molecule has 2 aromatic carbocycles. The maximum absolute atomic E-state index is 4.30. The van der Waals surface area contributed by atoms with E-state index in [1.807, 2.05) is 19.2 Å². The lowest BCUT2D eigenvalue weighted by Crippen LogP contribution is -1.81. The molecule has 0 spiro atoms. The molecule has 1 aromatic heterocycles. The first-order valence-electron chi connectivity index (χ1n) is 6.41. The molecule has 0 unspecified atom stereocenters. The Labute approximate surface area is 113 Å². The molecule has 1 heterocycles. The average Bonchev–Trinajstić information content (AvgIpc) is 2.47. The molecular weight excluding hydrogens is 230 g/mol. The van der Waals surface area contributed by atoms with E-state index in [1.165, 1.54) is 16.3 Å². The molecule has 0 aliphatic rings. The third-order valence-electron chi connectivity index (χ3n) is 3.21. The van der Waals surface area contributed by atoms with Gasteiger partial charge < -0.3 is 0 Å². The average molecular weight is 245 g/mol. The van der Waals surface area contributed by atoms with Crippen LogP contribution in [-0.4, -0.2) is 4.98 Å². The number of nitrogens with zero attached hydrogens (tertiary/aromatic N) is 1. The second kappa shape index (κ2) is 5.07. The summed E-state index contributed by atoms with van der Waals surface area (Å²) in [4.78, 5) is 4.30. The monoisotopic (exact) mass is 245 g/mol. The van der Waals surface area contributed by atoms with Gasteiger partial charge in [0.2, 0.25) is 0 Å². The Morgan fingerprint density at radius 2 is 1.68 bits per heavy atom. The molecule has 0 saturated heterocycles. The number of rotatable bonds is 2. The first kappa shape index (κ1) is 11.7. The van der Waals surface area contributed by atoms with Gasteiger partial charge in [0, 0.05) is 11.9 Å². The fraction of sp³-hybridized carbons (Fsp3) is 0.0556. The largest absolute Gasteiger partial charge is 0.261 e. The van der Waals surface area contributed by atoms with E-state index in [0.717, 1.165) is 11.3 Å². The molecule has 0 aliphatic heterocycles. The highest BCUT2D eigenvalue weighted by molar-refractivity contribution is 5.92. The molecule has 0 radical (unpaired) electrons. The van der Waals surface area contributed by atoms with E-state index in [1.54, 1.807) is 0 Å². The van der Waals surface area contributed by atoms with E-state index in [2.05, 4.69) is 65.7 Å². The third kappa shape index (κ3) is 2.55. The smallest absolute Gasteiger partial charge is 0.0373 e. The molecule has 0 bridgehead atoms. The van der Waals surface area contributed by atoms with Gasteiger partial charge in [0.15, 0.2) is 0 Å². The van der Waals surface area contributed by atoms with Gasteiger partial charge in [-0.2, -0.15) is 0 Å². The lowest BCUT2D eigenvalue weighted by molar-refractivity contribution is 1.19. The molecule has 3 rings (SSSR count). The van der Waals surface area contributed by atoms with Crippen molar-refractivity contribution in [3.05, 3.63) is 77.6 Å². The Kier molecular flexibility index (Phi) is 3.11. The van der Waals surface area contributed by atoms with Gasteiger partial charge in [-0.3, -0.25) is 4.98 Å². The molecular formula is C18H15N. The summed E-state index contributed by atoms with van der Waals surface area (Å²) in [6, 6.07) is 18.9. The van der Waals surface area contributed by atoms with E-state index in [9.17, 15) is 0 Å². The second-order valence-corrected chi connectivity index (χ2v) is 4.63. The highest BCUT2D eigenvalue weighted by atomic mass is 14.6. The summed E-state index contributed by atoms with van der Waals surface area (Å²) in [5.41, 5.74) is 3.40. The molecule has 3 aromatic rings. The van der Waals surface area contributed by atoms with Crippen LogP contribution < -0.4 is 0 Å². The van der Waals surface area contributed by atoms with Crippen molar-refractivity contribution in [2.45, 2.75) is 6.92 Å². The van der Waals surface area contributed by atoms with Gasteiger partial charge >= 0.3 is 0 Å². The Bertz CT molecular complexity index is 719. The molecule has 0 amide bonds. The quantitative estimate of drug-likeness (QED) is 0.637. The summed E-state index contributed by atoms with van der Waals surface area (Å²) in [5, 5.41) is 2.55. The Balaban J connectivity index is 1.99. The zero-order valence-corrected chi connectivity index (χ0v) is 10.9. The number of aryl methyl sites for hydroxylation is 1. The van der Waals surface area contributed by atoms with Gasteiger partial charge in [-0.15, -0.1) is 0 Å². The zero-order chi connectivity index (χ0) is 13.1. The summed E-state index contributed by atoms with van der Waals surface area (Å²) in [6.45, 7) is 2.00. The van der Waals surface area contributed by atoms with Crippen LogP contribution in [-0.2, 0) is 0 Å². The van der Waals surface area contributed by atoms with Crippen molar-refractivity contribution in [2.75, 3.05) is 0 Å². The van der Waals surface area contributed by atoms with Crippen LogP contribution in [0.5, 0.6) is 0 Å². The van der Waals surface area contributed by atoms with Crippen LogP contribution in [0, 0.1) is 6.92 Å². The van der Waals surface area contributed by atoms with Crippen LogP contribution in [0.2, 0.25) is 0 Å². The summed E-state index contributed by atoms with van der Waals surface area (Å²) in [6.07, 6.45) is 6.15. The van der Waals surface area contributed by atoms with Crippen LogP contribution >= 0.6 is 0 Å². The lowest BCUT2D eigenvalue weighted by Gasteiger charge is -2.01. The molecule has 0 N–H and O–H groups in total. The van der Waals surface area contributed by atoms with Crippen molar-refractivity contribution < 1.29 is 0 Å². The number of pyridine rings is 1. The van der Waals surface area contributed by atoms with Crippen LogP contribution in [0.25, 0.3) is 22.9 Å². The van der Waals surface area contributed by atoms with Gasteiger partial charge in [0.05, 0.1) is 0 Å². The fourth-order valence-electron chi connectivity index (χ4n) is 2.16. The van der Waals surface area contributed by atoms with Crippen molar-refractivity contribution >= 4 is 22.9 Å². The minimum absolute atomic E-state index is 1.04. The third-order valence-corrected chi connectivity index (χ3v) is 3.21. The van der Waals surface area contributed by atoms with Gasteiger partial charge in [-0.05, 0) is 34.9 Å². The van der Waals surface area contributed by atoms with Gasteiger partial charge in [-0.1, -0.05) is 60.7 Å². The first-order chi connectivity index (χ1) is 9.33. The van der Waals surface area contributed by atoms with Gasteiger partial charge in [-0.25, -0.2) is 0 Å². The summed E-state index contributed by atoms with van der Waals surface area (Å²) in [7, 11) is 0.